The summed E-state index contributed by atoms with van der Waals surface area (Å²) in [4.78, 5) is 24.4. The summed E-state index contributed by atoms with van der Waals surface area (Å²) in [5.74, 6) is 1.84. The Bertz CT molecular complexity index is 1620. The molecule has 1 radical (unpaired) electrons. The smallest absolute Gasteiger partial charge is 0.272 e. The molecule has 0 amide bonds. The molecular weight excluding hydrogens is 563 g/mol. The molecule has 1 aromatic heterocycles. The summed E-state index contributed by atoms with van der Waals surface area (Å²) >= 11 is 0. The van der Waals surface area contributed by atoms with Crippen LogP contribution in [0.4, 0.5) is 0 Å². The summed E-state index contributed by atoms with van der Waals surface area (Å²) in [5, 5.41) is 7.75. The van der Waals surface area contributed by atoms with E-state index in [2.05, 4.69) is 20.9 Å². The number of amidine groups is 2. The van der Waals surface area contributed by atoms with Gasteiger partial charge in [0.15, 0.2) is 0 Å². The van der Waals surface area contributed by atoms with Crippen molar-refractivity contribution in [2.45, 2.75) is 53.2 Å². The van der Waals surface area contributed by atoms with Crippen LogP contribution in [0.3, 0.4) is 0 Å². The summed E-state index contributed by atoms with van der Waals surface area (Å²) in [7, 11) is 1.82. The van der Waals surface area contributed by atoms with E-state index in [0.717, 1.165) is 65.2 Å². The summed E-state index contributed by atoms with van der Waals surface area (Å²) in [5.41, 5.74) is 11.2. The van der Waals surface area contributed by atoms with Crippen LogP contribution in [-0.2, 0) is 25.1 Å². The van der Waals surface area contributed by atoms with Crippen molar-refractivity contribution in [1.29, 1.82) is 5.41 Å². The topological polar surface area (TPSA) is 110 Å². The summed E-state index contributed by atoms with van der Waals surface area (Å²) < 4.78 is 8.15. The Morgan fingerprint density at radius 3 is 2.38 bits per heavy atom. The van der Waals surface area contributed by atoms with Gasteiger partial charge in [-0.2, -0.15) is 0 Å². The minimum atomic E-state index is -0.119. The number of nitrogen functional groups attached to an aromatic ring is 1. The van der Waals surface area contributed by atoms with Crippen LogP contribution in [0.25, 0.3) is 22.2 Å². The third kappa shape index (κ3) is 7.49. The molecule has 1 aliphatic heterocycles. The molecule has 8 nitrogen and oxygen atoms in total. The zero-order valence-electron chi connectivity index (χ0n) is 25.1. The first-order valence-electron chi connectivity index (χ1n) is 14.2. The third-order valence-corrected chi connectivity index (χ3v) is 7.38. The number of aryl methyl sites for hydroxylation is 1. The average molecular weight is 604 g/mol. The van der Waals surface area contributed by atoms with Crippen LogP contribution in [0.15, 0.2) is 76.5 Å². The van der Waals surface area contributed by atoms with Crippen molar-refractivity contribution in [2.75, 3.05) is 20.1 Å². The molecule has 0 spiro atoms. The Balaban J connectivity index is 0.00000158. The number of hydrogen-bond donors (Lipinski definition) is 2. The Morgan fingerprint density at radius 2 is 1.71 bits per heavy atom. The van der Waals surface area contributed by atoms with Crippen LogP contribution in [-0.4, -0.2) is 52.4 Å². The van der Waals surface area contributed by atoms with Crippen LogP contribution >= 0.6 is 0 Å². The van der Waals surface area contributed by atoms with Crippen molar-refractivity contribution >= 4 is 22.7 Å². The van der Waals surface area contributed by atoms with Crippen LogP contribution in [0.1, 0.15) is 50.4 Å². The maximum atomic E-state index is 13.3. The molecule has 9 heteroatoms. The predicted molar refractivity (Wildman–Crippen MR) is 168 cm³/mol. The molecule has 1 aliphatic rings. The van der Waals surface area contributed by atoms with Crippen molar-refractivity contribution in [3.05, 3.63) is 93.9 Å². The van der Waals surface area contributed by atoms with E-state index in [9.17, 15) is 4.79 Å². The molecule has 3 N–H and O–H groups in total. The predicted octanol–water partition coefficient (Wildman–Crippen LogP) is 5.62. The number of piperidine rings is 1. The van der Waals surface area contributed by atoms with Gasteiger partial charge in [-0.3, -0.25) is 15.2 Å². The van der Waals surface area contributed by atoms with Gasteiger partial charge < -0.3 is 19.9 Å². The fraction of sp³-hybridized carbons (Fsp3) is 0.333. The van der Waals surface area contributed by atoms with Crippen molar-refractivity contribution in [1.82, 2.24) is 14.5 Å². The molecule has 1 fully saturated rings. The van der Waals surface area contributed by atoms with Gasteiger partial charge in [0.05, 0.1) is 23.4 Å². The Hall–Kier alpha value is -3.88. The number of nitrogens with zero attached hydrogens (tertiary/aromatic N) is 4. The van der Waals surface area contributed by atoms with Gasteiger partial charge in [-0.1, -0.05) is 50.2 Å². The molecular formula is C33H40N6O2V. The number of nitrogens with one attached hydrogen (secondary N) is 1. The second-order valence-corrected chi connectivity index (χ2v) is 10.0. The van der Waals surface area contributed by atoms with E-state index in [4.69, 9.17) is 15.9 Å². The molecule has 2 heterocycles. The second kappa shape index (κ2) is 14.8. The standard InChI is InChI=1S/C31H34N6O2.C2H6.V/c1-20-31(38)37(19-22-6-4-7-23(16-22)24-8-5-9-25(17-24)30(32)33)29-18-27(10-11-28(29)35-20)39-26-12-14-36(15-13-26)21(2)34-3;1-2;/h4-11,16-18,26H,12-15,19H2,1-3H3,(H3,32,33);1-2H3;. The number of fused-ring (bicyclic) bond motifs is 1. The van der Waals surface area contributed by atoms with Crippen LogP contribution in [0, 0.1) is 12.3 Å². The third-order valence-electron chi connectivity index (χ3n) is 7.38. The number of benzene rings is 3. The molecule has 3 aromatic carbocycles. The SMILES string of the molecule is CC.CN=C(C)N1CCC(Oc2ccc3nc(C)c(=O)n(Cc4cccc(-c5cccc(C(=N)N)c5)c4)c3c2)CC1.[V]. The molecule has 0 unspecified atom stereocenters. The minimum absolute atomic E-state index is 0. The fourth-order valence-corrected chi connectivity index (χ4v) is 5.11. The molecule has 4 aromatic rings. The van der Waals surface area contributed by atoms with Crippen LogP contribution in [0.2, 0.25) is 0 Å². The first kappa shape index (κ1) is 32.6. The van der Waals surface area contributed by atoms with Crippen LogP contribution < -0.4 is 16.0 Å². The van der Waals surface area contributed by atoms with Crippen molar-refractivity contribution in [3.63, 3.8) is 0 Å². The molecule has 0 atom stereocenters. The van der Waals surface area contributed by atoms with E-state index in [0.29, 0.717) is 17.8 Å². The molecule has 42 heavy (non-hydrogen) atoms. The Kier molecular flexibility index (Phi) is 11.5. The zero-order chi connectivity index (χ0) is 29.5. The quantitative estimate of drug-likeness (QED) is 0.220. The summed E-state index contributed by atoms with van der Waals surface area (Å²) in [6.45, 7) is 10.0. The van der Waals surface area contributed by atoms with E-state index in [-0.39, 0.29) is 36.1 Å². The monoisotopic (exact) mass is 603 g/mol. The van der Waals surface area contributed by atoms with Crippen LogP contribution in [0.5, 0.6) is 5.75 Å². The maximum Gasteiger partial charge on any atom is 0.272 e. The number of ether oxygens (including phenoxy) is 1. The maximum absolute atomic E-state index is 13.3. The molecule has 219 valence electrons. The first-order valence-corrected chi connectivity index (χ1v) is 14.2. The summed E-state index contributed by atoms with van der Waals surface area (Å²) in [6.07, 6.45) is 1.95. The number of hydrogen-bond acceptors (Lipinski definition) is 5. The fourth-order valence-electron chi connectivity index (χ4n) is 5.11. The van der Waals surface area contributed by atoms with E-state index >= 15 is 0 Å². The van der Waals surface area contributed by atoms with Gasteiger partial charge in [0, 0.05) is 63.2 Å². The minimum Gasteiger partial charge on any atom is -0.490 e. The molecule has 5 rings (SSSR count). The average Bonchev–Trinajstić information content (AvgIpc) is 3.01. The molecule has 1 saturated heterocycles. The number of rotatable bonds is 6. The van der Waals surface area contributed by atoms with E-state index in [1.54, 1.807) is 11.5 Å². The largest absolute Gasteiger partial charge is 0.490 e. The van der Waals surface area contributed by atoms with Crippen molar-refractivity contribution < 1.29 is 23.3 Å². The number of aromatic nitrogens is 2. The Labute approximate surface area is 260 Å². The van der Waals surface area contributed by atoms with E-state index < -0.39 is 0 Å². The molecule has 0 bridgehead atoms. The Morgan fingerprint density at radius 1 is 1.05 bits per heavy atom. The summed E-state index contributed by atoms with van der Waals surface area (Å²) in [6, 6.07) is 21.5. The second-order valence-electron chi connectivity index (χ2n) is 10.0. The number of aliphatic imine (C=N–C) groups is 1. The molecule has 0 aliphatic carbocycles. The number of likely N-dealkylation sites (tertiary alicyclic amines) is 1. The van der Waals surface area contributed by atoms with Crippen molar-refractivity contribution in [2.24, 2.45) is 10.7 Å². The molecule has 0 saturated carbocycles. The van der Waals surface area contributed by atoms with Gasteiger partial charge >= 0.3 is 0 Å². The van der Waals surface area contributed by atoms with Gasteiger partial charge in [0.2, 0.25) is 0 Å². The number of nitrogens with two attached hydrogens (primary N) is 1. The normalized spacial score (nSPS) is 13.6. The van der Waals surface area contributed by atoms with Gasteiger partial charge in [0.25, 0.3) is 5.56 Å². The van der Waals surface area contributed by atoms with Gasteiger partial charge in [0.1, 0.15) is 23.4 Å². The van der Waals surface area contributed by atoms with E-state index in [1.807, 2.05) is 88.5 Å². The zero-order valence-corrected chi connectivity index (χ0v) is 26.5. The van der Waals surface area contributed by atoms with Gasteiger partial charge in [-0.05, 0) is 54.8 Å². The first-order chi connectivity index (χ1) is 19.8. The van der Waals surface area contributed by atoms with Gasteiger partial charge in [-0.25, -0.2) is 4.98 Å². The van der Waals surface area contributed by atoms with Crippen molar-refractivity contribution in [3.8, 4) is 16.9 Å². The van der Waals surface area contributed by atoms with E-state index in [1.165, 1.54) is 0 Å². The van der Waals surface area contributed by atoms with Gasteiger partial charge in [-0.15, -0.1) is 0 Å².